The average molecular weight is 363 g/mol. The van der Waals surface area contributed by atoms with Gasteiger partial charge in [-0.1, -0.05) is 24.3 Å². The van der Waals surface area contributed by atoms with E-state index in [-0.39, 0.29) is 4.47 Å². The summed E-state index contributed by atoms with van der Waals surface area (Å²) < 4.78 is 52.0. The van der Waals surface area contributed by atoms with E-state index in [1.807, 2.05) is 0 Å². The zero-order valence-electron chi connectivity index (χ0n) is 10.6. The van der Waals surface area contributed by atoms with Gasteiger partial charge >= 0.3 is 6.18 Å². The zero-order valence-corrected chi connectivity index (χ0v) is 12.2. The van der Waals surface area contributed by atoms with Crippen molar-refractivity contribution < 1.29 is 17.6 Å². The summed E-state index contributed by atoms with van der Waals surface area (Å²) in [5.41, 5.74) is 2.34. The Morgan fingerprint density at radius 3 is 2.38 bits per heavy atom. The topological polar surface area (TPSA) is 38.0 Å². The number of nitrogens with one attached hydrogen (secondary N) is 1. The lowest BCUT2D eigenvalue weighted by molar-refractivity contribution is -0.137. The summed E-state index contributed by atoms with van der Waals surface area (Å²) in [6.07, 6.45) is -4.45. The molecule has 1 atom stereocenters. The molecular formula is C14H11BrF4N2. The van der Waals surface area contributed by atoms with Gasteiger partial charge in [-0.15, -0.1) is 0 Å². The zero-order chi connectivity index (χ0) is 15.6. The van der Waals surface area contributed by atoms with Crippen LogP contribution in [-0.2, 0) is 6.18 Å². The summed E-state index contributed by atoms with van der Waals surface area (Å²) in [6.45, 7) is 0. The molecule has 0 heterocycles. The van der Waals surface area contributed by atoms with Gasteiger partial charge in [-0.3, -0.25) is 5.84 Å². The van der Waals surface area contributed by atoms with E-state index >= 15 is 0 Å². The van der Waals surface area contributed by atoms with Crippen LogP contribution in [0.3, 0.4) is 0 Å². The number of benzene rings is 2. The molecule has 0 aliphatic rings. The maximum Gasteiger partial charge on any atom is 0.416 e. The van der Waals surface area contributed by atoms with Crippen LogP contribution in [0.5, 0.6) is 0 Å². The van der Waals surface area contributed by atoms with Crippen LogP contribution in [0.25, 0.3) is 0 Å². The number of hydrazine groups is 1. The van der Waals surface area contributed by atoms with E-state index in [1.165, 1.54) is 24.3 Å². The van der Waals surface area contributed by atoms with E-state index in [4.69, 9.17) is 5.84 Å². The van der Waals surface area contributed by atoms with Crippen molar-refractivity contribution in [3.05, 3.63) is 69.4 Å². The highest BCUT2D eigenvalue weighted by atomic mass is 79.9. The maximum atomic E-state index is 13.6. The highest BCUT2D eigenvalue weighted by Gasteiger charge is 2.31. The fraction of sp³-hybridized carbons (Fsp3) is 0.143. The lowest BCUT2D eigenvalue weighted by Crippen LogP contribution is -2.29. The molecule has 0 saturated carbocycles. The van der Waals surface area contributed by atoms with E-state index in [9.17, 15) is 17.6 Å². The summed E-state index contributed by atoms with van der Waals surface area (Å²) in [5.74, 6) is 4.93. The highest BCUT2D eigenvalue weighted by molar-refractivity contribution is 9.10. The lowest BCUT2D eigenvalue weighted by Gasteiger charge is -2.20. The van der Waals surface area contributed by atoms with Gasteiger partial charge in [0.2, 0.25) is 0 Å². The maximum absolute atomic E-state index is 13.6. The monoisotopic (exact) mass is 362 g/mol. The van der Waals surface area contributed by atoms with Gasteiger partial charge in [-0.25, -0.2) is 9.82 Å². The number of rotatable bonds is 3. The number of alkyl halides is 3. The van der Waals surface area contributed by atoms with Crippen molar-refractivity contribution in [3.63, 3.8) is 0 Å². The van der Waals surface area contributed by atoms with Crippen molar-refractivity contribution in [2.75, 3.05) is 0 Å². The SMILES string of the molecule is NNC(c1cccc(C(F)(F)F)c1)c1cccc(F)c1Br. The third kappa shape index (κ3) is 3.42. The number of halogens is 5. The number of hydrogen-bond acceptors (Lipinski definition) is 2. The molecule has 2 aromatic rings. The molecule has 0 radical (unpaired) electrons. The highest BCUT2D eigenvalue weighted by Crippen LogP contribution is 2.34. The number of nitrogens with two attached hydrogens (primary N) is 1. The lowest BCUT2D eigenvalue weighted by atomic mass is 9.97. The molecule has 0 aliphatic carbocycles. The summed E-state index contributed by atoms with van der Waals surface area (Å²) in [7, 11) is 0. The molecule has 0 aromatic heterocycles. The summed E-state index contributed by atoms with van der Waals surface area (Å²) in [5, 5.41) is 0. The van der Waals surface area contributed by atoms with Crippen molar-refractivity contribution in [3.8, 4) is 0 Å². The van der Waals surface area contributed by atoms with Gasteiger partial charge in [0.1, 0.15) is 5.82 Å². The first-order valence-electron chi connectivity index (χ1n) is 5.91. The van der Waals surface area contributed by atoms with Crippen molar-refractivity contribution in [1.29, 1.82) is 0 Å². The molecule has 3 N–H and O–H groups in total. The second-order valence-electron chi connectivity index (χ2n) is 4.37. The van der Waals surface area contributed by atoms with Crippen LogP contribution in [0.15, 0.2) is 46.9 Å². The van der Waals surface area contributed by atoms with Crippen molar-refractivity contribution in [1.82, 2.24) is 5.43 Å². The predicted molar refractivity (Wildman–Crippen MR) is 74.7 cm³/mol. The average Bonchev–Trinajstić information content (AvgIpc) is 2.44. The van der Waals surface area contributed by atoms with E-state index in [1.54, 1.807) is 6.07 Å². The van der Waals surface area contributed by atoms with Crippen LogP contribution in [0.1, 0.15) is 22.7 Å². The Morgan fingerprint density at radius 1 is 1.10 bits per heavy atom. The predicted octanol–water partition coefficient (Wildman–Crippen LogP) is 4.16. The first-order valence-corrected chi connectivity index (χ1v) is 6.71. The molecule has 2 nitrogen and oxygen atoms in total. The molecule has 112 valence electrons. The standard InChI is InChI=1S/C14H11BrF4N2/c15-12-10(5-2-6-11(12)16)13(21-20)8-3-1-4-9(7-8)14(17,18)19/h1-7,13,21H,20H2. The Labute approximate surface area is 127 Å². The first-order chi connectivity index (χ1) is 9.84. The molecule has 0 aliphatic heterocycles. The molecule has 2 rings (SSSR count). The first kappa shape index (κ1) is 15.9. The molecular weight excluding hydrogens is 352 g/mol. The fourth-order valence-corrected chi connectivity index (χ4v) is 2.50. The minimum Gasteiger partial charge on any atom is -0.271 e. The fourth-order valence-electron chi connectivity index (χ4n) is 2.00. The molecule has 0 spiro atoms. The molecule has 0 fully saturated rings. The molecule has 21 heavy (non-hydrogen) atoms. The molecule has 0 amide bonds. The number of hydrogen-bond donors (Lipinski definition) is 2. The van der Waals surface area contributed by atoms with Crippen LogP contribution in [0.2, 0.25) is 0 Å². The molecule has 1 unspecified atom stereocenters. The van der Waals surface area contributed by atoms with Crippen LogP contribution in [0, 0.1) is 5.82 Å². The Kier molecular flexibility index (Phi) is 4.65. The Balaban J connectivity index is 2.49. The minimum atomic E-state index is -4.45. The summed E-state index contributed by atoms with van der Waals surface area (Å²) in [4.78, 5) is 0. The summed E-state index contributed by atoms with van der Waals surface area (Å²) in [6, 6.07) is 8.27. The normalized spacial score (nSPS) is 13.2. The van der Waals surface area contributed by atoms with Gasteiger partial charge in [0.25, 0.3) is 0 Å². The van der Waals surface area contributed by atoms with E-state index in [0.717, 1.165) is 12.1 Å². The van der Waals surface area contributed by atoms with Crippen LogP contribution in [-0.4, -0.2) is 0 Å². The van der Waals surface area contributed by atoms with E-state index in [0.29, 0.717) is 11.1 Å². The van der Waals surface area contributed by atoms with Crippen LogP contribution < -0.4 is 11.3 Å². The third-order valence-electron chi connectivity index (χ3n) is 3.01. The summed E-state index contributed by atoms with van der Waals surface area (Å²) >= 11 is 3.08. The minimum absolute atomic E-state index is 0.158. The van der Waals surface area contributed by atoms with Gasteiger partial charge < -0.3 is 0 Å². The molecule has 2 aromatic carbocycles. The largest absolute Gasteiger partial charge is 0.416 e. The Morgan fingerprint density at radius 2 is 1.76 bits per heavy atom. The van der Waals surface area contributed by atoms with Crippen molar-refractivity contribution in [2.24, 2.45) is 5.84 Å². The molecule has 0 bridgehead atoms. The van der Waals surface area contributed by atoms with E-state index in [2.05, 4.69) is 21.4 Å². The van der Waals surface area contributed by atoms with Crippen molar-refractivity contribution >= 4 is 15.9 Å². The molecule has 0 saturated heterocycles. The Hall–Kier alpha value is -1.44. The van der Waals surface area contributed by atoms with E-state index < -0.39 is 23.6 Å². The third-order valence-corrected chi connectivity index (χ3v) is 3.84. The van der Waals surface area contributed by atoms with Gasteiger partial charge in [-0.2, -0.15) is 13.2 Å². The van der Waals surface area contributed by atoms with Gasteiger partial charge in [0.05, 0.1) is 16.1 Å². The van der Waals surface area contributed by atoms with Gasteiger partial charge in [0, 0.05) is 0 Å². The Bertz CT molecular complexity index is 643. The molecule has 7 heteroatoms. The smallest absolute Gasteiger partial charge is 0.271 e. The second kappa shape index (κ2) is 6.13. The van der Waals surface area contributed by atoms with Crippen LogP contribution in [0.4, 0.5) is 17.6 Å². The van der Waals surface area contributed by atoms with Gasteiger partial charge in [-0.05, 0) is 45.3 Å². The second-order valence-corrected chi connectivity index (χ2v) is 5.16. The quantitative estimate of drug-likeness (QED) is 0.488. The van der Waals surface area contributed by atoms with Gasteiger partial charge in [0.15, 0.2) is 0 Å². The van der Waals surface area contributed by atoms with Crippen molar-refractivity contribution in [2.45, 2.75) is 12.2 Å². The van der Waals surface area contributed by atoms with Crippen LogP contribution >= 0.6 is 15.9 Å².